The van der Waals surface area contributed by atoms with E-state index in [1.54, 1.807) is 12.0 Å². The average Bonchev–Trinajstić information content (AvgIpc) is 3.22. The molecule has 2 heterocycles. The summed E-state index contributed by atoms with van der Waals surface area (Å²) in [6.07, 6.45) is 2.61. The molecule has 0 radical (unpaired) electrons. The Hall–Kier alpha value is -2.86. The number of ether oxygens (including phenoxy) is 1. The van der Waals surface area contributed by atoms with Crippen LogP contribution in [0.2, 0.25) is 5.02 Å². The van der Waals surface area contributed by atoms with E-state index < -0.39 is 0 Å². The molecule has 6 nitrogen and oxygen atoms in total. The van der Waals surface area contributed by atoms with E-state index >= 15 is 0 Å². The molecule has 4 rings (SSSR count). The third-order valence-electron chi connectivity index (χ3n) is 5.43. The fourth-order valence-corrected chi connectivity index (χ4v) is 4.22. The summed E-state index contributed by atoms with van der Waals surface area (Å²) in [5, 5.41) is 5.14. The lowest BCUT2D eigenvalue weighted by Gasteiger charge is -2.39. The van der Waals surface area contributed by atoms with Crippen molar-refractivity contribution in [2.24, 2.45) is 5.92 Å². The summed E-state index contributed by atoms with van der Waals surface area (Å²) in [4.78, 5) is 19.6. The van der Waals surface area contributed by atoms with Gasteiger partial charge in [-0.2, -0.15) is 10.1 Å². The van der Waals surface area contributed by atoms with E-state index in [2.05, 4.69) is 10.1 Å². The van der Waals surface area contributed by atoms with E-state index in [-0.39, 0.29) is 23.9 Å². The van der Waals surface area contributed by atoms with Crippen LogP contribution in [0.25, 0.3) is 0 Å². The second-order valence-electron chi connectivity index (χ2n) is 7.93. The van der Waals surface area contributed by atoms with Gasteiger partial charge in [-0.05, 0) is 36.1 Å². The molecular formula is C23H25ClN4O2. The van der Waals surface area contributed by atoms with E-state index in [0.29, 0.717) is 23.8 Å². The normalized spacial score (nSPS) is 18.4. The largest absolute Gasteiger partial charge is 0.496 e. The van der Waals surface area contributed by atoms with E-state index in [9.17, 15) is 4.79 Å². The molecular weight excluding hydrogens is 400 g/mol. The Kier molecular flexibility index (Phi) is 5.77. The van der Waals surface area contributed by atoms with Crippen molar-refractivity contribution in [3.8, 4) is 5.75 Å². The number of hydrogen-bond acceptors (Lipinski definition) is 4. The molecule has 0 N–H and O–H groups in total. The lowest BCUT2D eigenvalue weighted by atomic mass is 9.91. The summed E-state index contributed by atoms with van der Waals surface area (Å²) in [6, 6.07) is 15.3. The maximum Gasteiger partial charge on any atom is 0.231 e. The fourth-order valence-electron chi connectivity index (χ4n) is 4.10. The quantitative estimate of drug-likeness (QED) is 0.574. The average molecular weight is 425 g/mol. The molecule has 7 heteroatoms. The minimum atomic E-state index is -0.180. The summed E-state index contributed by atoms with van der Waals surface area (Å²) in [5.74, 6) is 1.63. The van der Waals surface area contributed by atoms with Crippen LogP contribution in [-0.2, 0) is 4.79 Å². The number of anilines is 1. The zero-order valence-corrected chi connectivity index (χ0v) is 18.1. The fraction of sp³-hybridized carbons (Fsp3) is 0.348. The molecule has 0 bridgehead atoms. The highest BCUT2D eigenvalue weighted by Gasteiger charge is 2.40. The Bertz CT molecular complexity index is 1030. The molecule has 0 saturated carbocycles. The number of aromatic nitrogens is 3. The number of amides is 1. The van der Waals surface area contributed by atoms with Crippen molar-refractivity contribution in [1.29, 1.82) is 0 Å². The van der Waals surface area contributed by atoms with Crippen LogP contribution in [-0.4, -0.2) is 27.8 Å². The lowest BCUT2D eigenvalue weighted by Crippen LogP contribution is -2.43. The van der Waals surface area contributed by atoms with Gasteiger partial charge >= 0.3 is 0 Å². The molecule has 0 fully saturated rings. The molecule has 1 aliphatic rings. The van der Waals surface area contributed by atoms with Crippen LogP contribution >= 0.6 is 11.6 Å². The predicted molar refractivity (Wildman–Crippen MR) is 117 cm³/mol. The third kappa shape index (κ3) is 3.79. The van der Waals surface area contributed by atoms with Crippen LogP contribution in [0.3, 0.4) is 0 Å². The minimum absolute atomic E-state index is 0.0395. The molecule has 3 aromatic rings. The van der Waals surface area contributed by atoms with Gasteiger partial charge in [0.25, 0.3) is 0 Å². The van der Waals surface area contributed by atoms with Gasteiger partial charge in [0, 0.05) is 17.0 Å². The number of fused-ring (bicyclic) bond motifs is 1. The SMILES string of the molecule is COc1ccccc1C1CC(c2ccc(Cl)cc2)N(C(=O)CC(C)C)c2ncnn21. The van der Waals surface area contributed by atoms with Gasteiger partial charge < -0.3 is 4.74 Å². The van der Waals surface area contributed by atoms with Crippen LogP contribution in [0.15, 0.2) is 54.9 Å². The molecule has 1 aromatic heterocycles. The Morgan fingerprint density at radius 1 is 1.17 bits per heavy atom. The molecule has 0 spiro atoms. The maximum atomic E-state index is 13.3. The van der Waals surface area contributed by atoms with Gasteiger partial charge in [0.1, 0.15) is 12.1 Å². The first-order valence-corrected chi connectivity index (χ1v) is 10.5. The van der Waals surface area contributed by atoms with Gasteiger partial charge in [-0.15, -0.1) is 0 Å². The first-order chi connectivity index (χ1) is 14.5. The number of carbonyl (C=O) groups excluding carboxylic acids is 1. The van der Waals surface area contributed by atoms with Crippen LogP contribution < -0.4 is 9.64 Å². The third-order valence-corrected chi connectivity index (χ3v) is 5.68. The van der Waals surface area contributed by atoms with Gasteiger partial charge in [-0.1, -0.05) is 55.8 Å². The Morgan fingerprint density at radius 3 is 2.60 bits per heavy atom. The predicted octanol–water partition coefficient (Wildman–Crippen LogP) is 5.05. The Labute approximate surface area is 181 Å². The number of benzene rings is 2. The number of carbonyl (C=O) groups is 1. The van der Waals surface area contributed by atoms with Crippen molar-refractivity contribution in [3.05, 3.63) is 71.0 Å². The molecule has 1 amide bonds. The summed E-state index contributed by atoms with van der Waals surface area (Å²) in [7, 11) is 1.67. The molecule has 2 aromatic carbocycles. The second-order valence-corrected chi connectivity index (χ2v) is 8.36. The lowest BCUT2D eigenvalue weighted by molar-refractivity contribution is -0.120. The van der Waals surface area contributed by atoms with Gasteiger partial charge in [-0.3, -0.25) is 9.69 Å². The van der Waals surface area contributed by atoms with E-state index in [0.717, 1.165) is 16.9 Å². The summed E-state index contributed by atoms with van der Waals surface area (Å²) in [5.41, 5.74) is 2.03. The van der Waals surface area contributed by atoms with Crippen molar-refractivity contribution < 1.29 is 9.53 Å². The van der Waals surface area contributed by atoms with Gasteiger partial charge in [0.15, 0.2) is 0 Å². The Balaban J connectivity index is 1.84. The van der Waals surface area contributed by atoms with Crippen LogP contribution in [0.5, 0.6) is 5.75 Å². The van der Waals surface area contributed by atoms with Crippen molar-refractivity contribution in [1.82, 2.24) is 14.8 Å². The second kappa shape index (κ2) is 8.48. The van der Waals surface area contributed by atoms with Crippen LogP contribution in [0.4, 0.5) is 5.95 Å². The summed E-state index contributed by atoms with van der Waals surface area (Å²) >= 11 is 6.12. The van der Waals surface area contributed by atoms with E-state index in [4.69, 9.17) is 16.3 Å². The minimum Gasteiger partial charge on any atom is -0.496 e. The number of nitrogens with zero attached hydrogens (tertiary/aromatic N) is 4. The highest BCUT2D eigenvalue weighted by molar-refractivity contribution is 6.30. The topological polar surface area (TPSA) is 60.2 Å². The molecule has 0 saturated heterocycles. The number of hydrogen-bond donors (Lipinski definition) is 0. The zero-order chi connectivity index (χ0) is 21.3. The first kappa shape index (κ1) is 20.4. The smallest absolute Gasteiger partial charge is 0.231 e. The van der Waals surface area contributed by atoms with Crippen molar-refractivity contribution in [2.75, 3.05) is 12.0 Å². The number of rotatable bonds is 5. The number of methoxy groups -OCH3 is 1. The standard InChI is InChI=1S/C23H25ClN4O2/c1-15(2)12-22(29)27-19(16-8-10-17(24)11-9-16)13-20(28-23(27)25-14-26-28)18-6-4-5-7-21(18)30-3/h4-11,14-15,19-20H,12-13H2,1-3H3. The molecule has 1 aliphatic heterocycles. The first-order valence-electron chi connectivity index (χ1n) is 10.1. The van der Waals surface area contributed by atoms with Crippen LogP contribution in [0.1, 0.15) is 49.9 Å². The molecule has 2 unspecified atom stereocenters. The van der Waals surface area contributed by atoms with Crippen molar-refractivity contribution in [3.63, 3.8) is 0 Å². The monoisotopic (exact) mass is 424 g/mol. The van der Waals surface area contributed by atoms with E-state index in [1.165, 1.54) is 6.33 Å². The molecule has 2 atom stereocenters. The Morgan fingerprint density at radius 2 is 1.90 bits per heavy atom. The van der Waals surface area contributed by atoms with Gasteiger partial charge in [0.05, 0.1) is 19.2 Å². The highest BCUT2D eigenvalue weighted by atomic mass is 35.5. The summed E-state index contributed by atoms with van der Waals surface area (Å²) < 4.78 is 7.45. The number of halogens is 1. The molecule has 30 heavy (non-hydrogen) atoms. The van der Waals surface area contributed by atoms with Gasteiger partial charge in [-0.25, -0.2) is 4.68 Å². The highest BCUT2D eigenvalue weighted by Crippen LogP contribution is 2.44. The van der Waals surface area contributed by atoms with Crippen LogP contribution in [0, 0.1) is 5.92 Å². The number of para-hydroxylation sites is 1. The maximum absolute atomic E-state index is 13.3. The zero-order valence-electron chi connectivity index (χ0n) is 17.3. The van der Waals surface area contributed by atoms with Crippen molar-refractivity contribution >= 4 is 23.5 Å². The summed E-state index contributed by atoms with van der Waals surface area (Å²) in [6.45, 7) is 4.09. The van der Waals surface area contributed by atoms with E-state index in [1.807, 2.05) is 67.1 Å². The molecule has 0 aliphatic carbocycles. The van der Waals surface area contributed by atoms with Gasteiger partial charge in [0.2, 0.25) is 11.9 Å². The molecule has 156 valence electrons. The van der Waals surface area contributed by atoms with Crippen molar-refractivity contribution in [2.45, 2.75) is 38.8 Å².